The summed E-state index contributed by atoms with van der Waals surface area (Å²) in [5, 5.41) is 3.09. The molecule has 1 aromatic carbocycles. The molecule has 2 heteroatoms. The van der Waals surface area contributed by atoms with Gasteiger partial charge in [-0.15, -0.1) is 0 Å². The van der Waals surface area contributed by atoms with E-state index in [0.717, 1.165) is 18.5 Å². The molecule has 0 aliphatic rings. The van der Waals surface area contributed by atoms with Crippen LogP contribution in [-0.2, 0) is 0 Å². The smallest absolute Gasteiger partial charge is 0.123 e. The van der Waals surface area contributed by atoms with Crippen molar-refractivity contribution in [2.75, 3.05) is 13.6 Å². The summed E-state index contributed by atoms with van der Waals surface area (Å²) in [6, 6.07) is 6.83. The molecular formula is C11H16FN. The molecule has 0 bridgehead atoms. The van der Waals surface area contributed by atoms with Gasteiger partial charge in [0.15, 0.2) is 0 Å². The summed E-state index contributed by atoms with van der Waals surface area (Å²) in [6.45, 7) is 3.09. The van der Waals surface area contributed by atoms with Crippen LogP contribution in [0.15, 0.2) is 24.3 Å². The van der Waals surface area contributed by atoms with E-state index < -0.39 is 0 Å². The van der Waals surface area contributed by atoms with Gasteiger partial charge in [0.05, 0.1) is 0 Å². The Morgan fingerprint density at radius 3 is 2.85 bits per heavy atom. The Morgan fingerprint density at radius 2 is 2.23 bits per heavy atom. The summed E-state index contributed by atoms with van der Waals surface area (Å²) in [5.74, 6) is 0.275. The van der Waals surface area contributed by atoms with Crippen LogP contribution in [0.3, 0.4) is 0 Å². The first kappa shape index (κ1) is 10.2. The quantitative estimate of drug-likeness (QED) is 0.752. The highest BCUT2D eigenvalue weighted by Crippen LogP contribution is 2.18. The fraction of sp³-hybridized carbons (Fsp3) is 0.455. The third-order valence-electron chi connectivity index (χ3n) is 2.25. The topological polar surface area (TPSA) is 12.0 Å². The number of benzene rings is 1. The molecule has 13 heavy (non-hydrogen) atoms. The van der Waals surface area contributed by atoms with Crippen molar-refractivity contribution in [1.29, 1.82) is 0 Å². The molecule has 0 saturated carbocycles. The van der Waals surface area contributed by atoms with Crippen molar-refractivity contribution in [3.63, 3.8) is 0 Å². The summed E-state index contributed by atoms with van der Waals surface area (Å²) in [5.41, 5.74) is 1.08. The second-order valence-electron chi connectivity index (χ2n) is 3.35. The largest absolute Gasteiger partial charge is 0.320 e. The van der Waals surface area contributed by atoms with E-state index in [1.807, 2.05) is 13.1 Å². The average Bonchev–Trinajstić information content (AvgIpc) is 2.14. The van der Waals surface area contributed by atoms with Crippen LogP contribution in [0.2, 0.25) is 0 Å². The number of halogens is 1. The molecule has 1 aromatic rings. The molecule has 1 unspecified atom stereocenters. The van der Waals surface area contributed by atoms with Gasteiger partial charge < -0.3 is 5.32 Å². The van der Waals surface area contributed by atoms with Crippen LogP contribution in [0, 0.1) is 5.82 Å². The van der Waals surface area contributed by atoms with Crippen molar-refractivity contribution >= 4 is 0 Å². The zero-order valence-electron chi connectivity index (χ0n) is 8.18. The minimum Gasteiger partial charge on any atom is -0.320 e. The maximum absolute atomic E-state index is 12.8. The van der Waals surface area contributed by atoms with Crippen molar-refractivity contribution < 1.29 is 4.39 Å². The van der Waals surface area contributed by atoms with Gasteiger partial charge in [0.1, 0.15) is 5.82 Å². The third kappa shape index (κ3) is 3.15. The van der Waals surface area contributed by atoms with Gasteiger partial charge in [-0.1, -0.05) is 19.1 Å². The van der Waals surface area contributed by atoms with Crippen LogP contribution in [0.5, 0.6) is 0 Å². The van der Waals surface area contributed by atoms with Gasteiger partial charge >= 0.3 is 0 Å². The van der Waals surface area contributed by atoms with E-state index in [2.05, 4.69) is 12.2 Å². The minimum atomic E-state index is -0.145. The molecule has 0 radical (unpaired) electrons. The van der Waals surface area contributed by atoms with E-state index in [9.17, 15) is 4.39 Å². The number of hydrogen-bond donors (Lipinski definition) is 1. The van der Waals surface area contributed by atoms with Gasteiger partial charge in [-0.3, -0.25) is 0 Å². The van der Waals surface area contributed by atoms with E-state index in [1.54, 1.807) is 12.1 Å². The van der Waals surface area contributed by atoms with Crippen LogP contribution in [0.4, 0.5) is 4.39 Å². The molecule has 0 fully saturated rings. The van der Waals surface area contributed by atoms with Gasteiger partial charge in [-0.25, -0.2) is 4.39 Å². The molecule has 0 amide bonds. The Hall–Kier alpha value is -0.890. The van der Waals surface area contributed by atoms with Gasteiger partial charge in [-0.05, 0) is 43.6 Å². The predicted octanol–water partition coefficient (Wildman–Crippen LogP) is 2.54. The highest BCUT2D eigenvalue weighted by Gasteiger charge is 2.04. The van der Waals surface area contributed by atoms with Crippen molar-refractivity contribution in [2.24, 2.45) is 0 Å². The number of nitrogens with one attached hydrogen (secondary N) is 1. The molecule has 0 spiro atoms. The maximum Gasteiger partial charge on any atom is 0.123 e. The summed E-state index contributed by atoms with van der Waals surface area (Å²) in [6.07, 6.45) is 1.04. The molecule has 1 rings (SSSR count). The molecule has 1 N–H and O–H groups in total. The zero-order chi connectivity index (χ0) is 9.68. The number of rotatable bonds is 4. The van der Waals surface area contributed by atoms with E-state index in [-0.39, 0.29) is 5.82 Å². The van der Waals surface area contributed by atoms with Gasteiger partial charge in [-0.2, -0.15) is 0 Å². The molecule has 0 saturated heterocycles. The highest BCUT2D eigenvalue weighted by atomic mass is 19.1. The second-order valence-corrected chi connectivity index (χ2v) is 3.35. The standard InChI is InChI=1S/C11H16FN/c1-9(6-7-13-2)10-4-3-5-11(12)8-10/h3-5,8-9,13H,6-7H2,1-2H3. The van der Waals surface area contributed by atoms with Crippen molar-refractivity contribution in [3.05, 3.63) is 35.6 Å². The van der Waals surface area contributed by atoms with Crippen molar-refractivity contribution in [3.8, 4) is 0 Å². The van der Waals surface area contributed by atoms with E-state index >= 15 is 0 Å². The Kier molecular flexibility index (Phi) is 3.90. The zero-order valence-corrected chi connectivity index (χ0v) is 8.18. The Morgan fingerprint density at radius 1 is 1.46 bits per heavy atom. The van der Waals surface area contributed by atoms with Gasteiger partial charge in [0, 0.05) is 0 Å². The monoisotopic (exact) mass is 181 g/mol. The van der Waals surface area contributed by atoms with Gasteiger partial charge in [0.2, 0.25) is 0 Å². The summed E-state index contributed by atoms with van der Waals surface area (Å²) in [4.78, 5) is 0. The number of hydrogen-bond acceptors (Lipinski definition) is 1. The fourth-order valence-electron chi connectivity index (χ4n) is 1.34. The molecule has 72 valence electrons. The van der Waals surface area contributed by atoms with E-state index in [4.69, 9.17) is 0 Å². The Bertz CT molecular complexity index is 260. The lowest BCUT2D eigenvalue weighted by molar-refractivity contribution is 0.607. The Labute approximate surface area is 79.0 Å². The highest BCUT2D eigenvalue weighted by molar-refractivity contribution is 5.19. The normalized spacial score (nSPS) is 12.8. The van der Waals surface area contributed by atoms with Crippen LogP contribution < -0.4 is 5.32 Å². The lowest BCUT2D eigenvalue weighted by Gasteiger charge is -2.10. The lowest BCUT2D eigenvalue weighted by Crippen LogP contribution is -2.10. The first-order valence-corrected chi connectivity index (χ1v) is 4.64. The van der Waals surface area contributed by atoms with Gasteiger partial charge in [0.25, 0.3) is 0 Å². The fourth-order valence-corrected chi connectivity index (χ4v) is 1.34. The molecule has 1 atom stereocenters. The summed E-state index contributed by atoms with van der Waals surface area (Å²) < 4.78 is 12.8. The molecule has 0 aliphatic heterocycles. The molecule has 0 heterocycles. The molecular weight excluding hydrogens is 165 g/mol. The van der Waals surface area contributed by atoms with Crippen LogP contribution in [-0.4, -0.2) is 13.6 Å². The first-order chi connectivity index (χ1) is 6.24. The maximum atomic E-state index is 12.8. The minimum absolute atomic E-state index is 0.145. The summed E-state index contributed by atoms with van der Waals surface area (Å²) >= 11 is 0. The first-order valence-electron chi connectivity index (χ1n) is 4.64. The lowest BCUT2D eigenvalue weighted by atomic mass is 9.98. The SMILES string of the molecule is CNCCC(C)c1cccc(F)c1. The van der Waals surface area contributed by atoms with Crippen molar-refractivity contribution in [2.45, 2.75) is 19.3 Å². The van der Waals surface area contributed by atoms with Crippen LogP contribution in [0.1, 0.15) is 24.8 Å². The third-order valence-corrected chi connectivity index (χ3v) is 2.25. The van der Waals surface area contributed by atoms with E-state index in [0.29, 0.717) is 5.92 Å². The molecule has 1 nitrogen and oxygen atoms in total. The molecule has 0 aromatic heterocycles. The van der Waals surface area contributed by atoms with Crippen molar-refractivity contribution in [1.82, 2.24) is 5.32 Å². The second kappa shape index (κ2) is 4.97. The van der Waals surface area contributed by atoms with Crippen LogP contribution in [0.25, 0.3) is 0 Å². The Balaban J connectivity index is 2.60. The molecule has 0 aliphatic carbocycles. The summed E-state index contributed by atoms with van der Waals surface area (Å²) in [7, 11) is 1.93. The average molecular weight is 181 g/mol. The van der Waals surface area contributed by atoms with Crippen LogP contribution >= 0.6 is 0 Å². The van der Waals surface area contributed by atoms with E-state index in [1.165, 1.54) is 6.07 Å². The predicted molar refractivity (Wildman–Crippen MR) is 53.4 cm³/mol.